The van der Waals surface area contributed by atoms with E-state index in [2.05, 4.69) is 21.4 Å². The zero-order valence-corrected chi connectivity index (χ0v) is 18.6. The summed E-state index contributed by atoms with van der Waals surface area (Å²) in [5.74, 6) is 0.794. The first-order valence-electron chi connectivity index (χ1n) is 10.6. The van der Waals surface area contributed by atoms with Crippen molar-refractivity contribution in [3.05, 3.63) is 64.9 Å². The van der Waals surface area contributed by atoms with Gasteiger partial charge in [0.2, 0.25) is 0 Å². The van der Waals surface area contributed by atoms with Crippen LogP contribution < -0.4 is 11.1 Å². The fourth-order valence-corrected chi connectivity index (χ4v) is 4.09. The highest BCUT2D eigenvalue weighted by atomic mass is 16.5. The SMILES string of the molecule is CN=CC(=CN)c1cc(C#N)cc(CNC(=O)c2nccc3nc(C4CCOC4)n(C)c23)c1. The number of benzene rings is 1. The molecule has 0 saturated carbocycles. The van der Waals surface area contributed by atoms with Crippen LogP contribution in [0, 0.1) is 11.3 Å². The molecule has 1 amide bonds. The molecule has 3 aromatic rings. The van der Waals surface area contributed by atoms with Gasteiger partial charge in [-0.15, -0.1) is 0 Å². The molecule has 0 bridgehead atoms. The Labute approximate surface area is 191 Å². The highest BCUT2D eigenvalue weighted by Gasteiger charge is 2.25. The third kappa shape index (κ3) is 4.47. The molecule has 2 aromatic heterocycles. The summed E-state index contributed by atoms with van der Waals surface area (Å²) in [5, 5.41) is 12.3. The number of nitrogens with zero attached hydrogens (tertiary/aromatic N) is 5. The minimum absolute atomic E-state index is 0.210. The highest BCUT2D eigenvalue weighted by molar-refractivity contribution is 6.09. The zero-order chi connectivity index (χ0) is 23.4. The van der Waals surface area contributed by atoms with Gasteiger partial charge in [-0.1, -0.05) is 0 Å². The normalized spacial score (nSPS) is 16.4. The number of pyridine rings is 1. The van der Waals surface area contributed by atoms with Crippen molar-refractivity contribution < 1.29 is 9.53 Å². The molecule has 4 rings (SSSR count). The van der Waals surface area contributed by atoms with Gasteiger partial charge in [0, 0.05) is 57.3 Å². The maximum absolute atomic E-state index is 13.1. The number of rotatable bonds is 6. The van der Waals surface area contributed by atoms with Gasteiger partial charge < -0.3 is 20.4 Å². The van der Waals surface area contributed by atoms with Crippen LogP contribution in [-0.2, 0) is 18.3 Å². The number of hydrogen-bond donors (Lipinski definition) is 2. The highest BCUT2D eigenvalue weighted by Crippen LogP contribution is 2.28. The predicted octanol–water partition coefficient (Wildman–Crippen LogP) is 2.27. The topological polar surface area (TPSA) is 131 Å². The molecule has 0 radical (unpaired) electrons. The van der Waals surface area contributed by atoms with E-state index in [1.54, 1.807) is 31.6 Å². The molecule has 9 heteroatoms. The van der Waals surface area contributed by atoms with Crippen LogP contribution in [-0.4, -0.2) is 46.9 Å². The van der Waals surface area contributed by atoms with E-state index >= 15 is 0 Å². The molecule has 168 valence electrons. The van der Waals surface area contributed by atoms with Crippen molar-refractivity contribution in [3.63, 3.8) is 0 Å². The summed E-state index contributed by atoms with van der Waals surface area (Å²) in [6, 6.07) is 9.30. The summed E-state index contributed by atoms with van der Waals surface area (Å²) >= 11 is 0. The average Bonchev–Trinajstić information content (AvgIpc) is 3.48. The lowest BCUT2D eigenvalue weighted by Gasteiger charge is -2.11. The molecule has 1 unspecified atom stereocenters. The number of allylic oxidation sites excluding steroid dienone is 1. The van der Waals surface area contributed by atoms with Gasteiger partial charge >= 0.3 is 0 Å². The van der Waals surface area contributed by atoms with Crippen LogP contribution in [0.2, 0.25) is 0 Å². The second-order valence-electron chi connectivity index (χ2n) is 7.84. The molecule has 1 saturated heterocycles. The molecule has 1 aliphatic rings. The van der Waals surface area contributed by atoms with Crippen molar-refractivity contribution >= 4 is 28.7 Å². The Bertz CT molecular complexity index is 1290. The average molecular weight is 444 g/mol. The van der Waals surface area contributed by atoms with Crippen LogP contribution in [0.4, 0.5) is 0 Å². The number of imidazole rings is 1. The summed E-state index contributed by atoms with van der Waals surface area (Å²) in [5.41, 5.74) is 10.1. The molecule has 9 nitrogen and oxygen atoms in total. The first-order chi connectivity index (χ1) is 16.0. The Morgan fingerprint density at radius 2 is 2.30 bits per heavy atom. The molecular weight excluding hydrogens is 418 g/mol. The summed E-state index contributed by atoms with van der Waals surface area (Å²) in [7, 11) is 3.55. The van der Waals surface area contributed by atoms with Crippen LogP contribution in [0.25, 0.3) is 16.6 Å². The Morgan fingerprint density at radius 1 is 1.45 bits per heavy atom. The van der Waals surface area contributed by atoms with Gasteiger partial charge in [0.25, 0.3) is 5.91 Å². The maximum Gasteiger partial charge on any atom is 0.272 e. The summed E-state index contributed by atoms with van der Waals surface area (Å²) in [6.07, 6.45) is 5.56. The third-order valence-corrected chi connectivity index (χ3v) is 5.68. The van der Waals surface area contributed by atoms with Crippen LogP contribution in [0.15, 0.2) is 41.7 Å². The maximum atomic E-state index is 13.1. The lowest BCUT2D eigenvalue weighted by atomic mass is 10.0. The second-order valence-corrected chi connectivity index (χ2v) is 7.84. The quantitative estimate of drug-likeness (QED) is 0.562. The van der Waals surface area contributed by atoms with E-state index in [0.717, 1.165) is 28.9 Å². The number of hydrogen-bond acceptors (Lipinski definition) is 7. The lowest BCUT2D eigenvalue weighted by molar-refractivity contribution is 0.0947. The summed E-state index contributed by atoms with van der Waals surface area (Å²) in [4.78, 5) is 26.2. The minimum Gasteiger partial charge on any atom is -0.404 e. The van der Waals surface area contributed by atoms with Gasteiger partial charge in [0.15, 0.2) is 5.69 Å². The van der Waals surface area contributed by atoms with E-state index in [4.69, 9.17) is 15.5 Å². The summed E-state index contributed by atoms with van der Waals surface area (Å²) in [6.45, 7) is 1.57. The number of carbonyl (C=O) groups excluding carboxylic acids is 1. The summed E-state index contributed by atoms with van der Waals surface area (Å²) < 4.78 is 7.44. The van der Waals surface area contributed by atoms with E-state index in [-0.39, 0.29) is 18.4 Å². The Hall–Kier alpha value is -4.03. The van der Waals surface area contributed by atoms with Gasteiger partial charge in [-0.05, 0) is 41.8 Å². The van der Waals surface area contributed by atoms with E-state index in [0.29, 0.717) is 35.6 Å². The van der Waals surface area contributed by atoms with Crippen molar-refractivity contribution in [2.24, 2.45) is 17.8 Å². The fourth-order valence-electron chi connectivity index (χ4n) is 4.09. The largest absolute Gasteiger partial charge is 0.404 e. The number of carbonyl (C=O) groups is 1. The van der Waals surface area contributed by atoms with Crippen molar-refractivity contribution in [2.45, 2.75) is 18.9 Å². The number of amides is 1. The number of nitrogens with two attached hydrogens (primary N) is 1. The molecule has 0 spiro atoms. The molecule has 1 aromatic carbocycles. The van der Waals surface area contributed by atoms with Gasteiger partial charge in [-0.25, -0.2) is 9.97 Å². The van der Waals surface area contributed by atoms with Crippen molar-refractivity contribution in [2.75, 3.05) is 20.3 Å². The van der Waals surface area contributed by atoms with E-state index in [1.165, 1.54) is 6.20 Å². The van der Waals surface area contributed by atoms with Crippen molar-refractivity contribution in [1.29, 1.82) is 5.26 Å². The monoisotopic (exact) mass is 443 g/mol. The van der Waals surface area contributed by atoms with Gasteiger partial charge in [-0.3, -0.25) is 9.79 Å². The van der Waals surface area contributed by atoms with Crippen LogP contribution >= 0.6 is 0 Å². The minimum atomic E-state index is -0.313. The van der Waals surface area contributed by atoms with E-state index in [1.807, 2.05) is 23.7 Å². The van der Waals surface area contributed by atoms with Gasteiger partial charge in [0.05, 0.1) is 29.3 Å². The van der Waals surface area contributed by atoms with Gasteiger partial charge in [0.1, 0.15) is 5.82 Å². The molecule has 3 heterocycles. The smallest absolute Gasteiger partial charge is 0.272 e. The zero-order valence-electron chi connectivity index (χ0n) is 18.6. The Morgan fingerprint density at radius 3 is 3.00 bits per heavy atom. The number of aryl methyl sites for hydroxylation is 1. The number of aromatic nitrogens is 3. The molecular formula is C24H25N7O2. The van der Waals surface area contributed by atoms with E-state index < -0.39 is 0 Å². The van der Waals surface area contributed by atoms with Gasteiger partial charge in [-0.2, -0.15) is 5.26 Å². The Balaban J connectivity index is 1.60. The molecule has 3 N–H and O–H groups in total. The van der Waals surface area contributed by atoms with Crippen LogP contribution in [0.3, 0.4) is 0 Å². The number of fused-ring (bicyclic) bond motifs is 1. The second kappa shape index (κ2) is 9.63. The molecule has 0 aliphatic carbocycles. The molecule has 1 atom stereocenters. The number of nitrogens with one attached hydrogen (secondary N) is 1. The first-order valence-corrected chi connectivity index (χ1v) is 10.6. The predicted molar refractivity (Wildman–Crippen MR) is 126 cm³/mol. The fraction of sp³-hybridized carbons (Fsp3) is 0.292. The third-order valence-electron chi connectivity index (χ3n) is 5.68. The number of nitriles is 1. The van der Waals surface area contributed by atoms with Crippen LogP contribution in [0.1, 0.15) is 45.3 Å². The standard InChI is InChI=1S/C24H25N7O2/c1-27-13-19(11-26)18-8-15(10-25)7-16(9-18)12-29-24(32)21-22-20(3-5-28-21)30-23(31(22)2)17-4-6-33-14-17/h3,5,7-9,11,13,17H,4,6,12,14,26H2,1-2H3,(H,29,32). The molecule has 33 heavy (non-hydrogen) atoms. The number of ether oxygens (including phenoxy) is 1. The molecule has 1 fully saturated rings. The van der Waals surface area contributed by atoms with Crippen molar-refractivity contribution in [1.82, 2.24) is 19.9 Å². The van der Waals surface area contributed by atoms with Crippen molar-refractivity contribution in [3.8, 4) is 6.07 Å². The first kappa shape index (κ1) is 22.2. The number of aliphatic imine (C=N–C) groups is 1. The molecule has 1 aliphatic heterocycles. The van der Waals surface area contributed by atoms with Crippen LogP contribution in [0.5, 0.6) is 0 Å². The Kier molecular flexibility index (Phi) is 6.47. The lowest BCUT2D eigenvalue weighted by Crippen LogP contribution is -2.24. The van der Waals surface area contributed by atoms with E-state index in [9.17, 15) is 10.1 Å².